The molecule has 1 heterocycles. The van der Waals surface area contributed by atoms with Gasteiger partial charge in [-0.2, -0.15) is 0 Å². The maximum atomic E-state index is 4.94. The van der Waals surface area contributed by atoms with Crippen molar-refractivity contribution in [1.29, 1.82) is 0 Å². The minimum Gasteiger partial charge on any atom is -0.372 e. The van der Waals surface area contributed by atoms with Crippen LogP contribution in [0.25, 0.3) is 0 Å². The second-order valence-corrected chi connectivity index (χ2v) is 6.06. The Kier molecular flexibility index (Phi) is 5.73. The highest BCUT2D eigenvalue weighted by atomic mass is 15.2. The van der Waals surface area contributed by atoms with Gasteiger partial charge < -0.3 is 16.0 Å². The van der Waals surface area contributed by atoms with Crippen molar-refractivity contribution in [3.8, 4) is 0 Å². The van der Waals surface area contributed by atoms with Crippen LogP contribution in [0.5, 0.6) is 0 Å². The van der Waals surface area contributed by atoms with Gasteiger partial charge in [0, 0.05) is 17.8 Å². The average molecular weight is 334 g/mol. The fourth-order valence-electron chi connectivity index (χ4n) is 2.85. The van der Waals surface area contributed by atoms with Crippen LogP contribution in [0.1, 0.15) is 44.0 Å². The number of para-hydroxylation sites is 1. The number of rotatable bonds is 6. The number of nitrogens with one attached hydrogen (secondary N) is 3. The fourth-order valence-corrected chi connectivity index (χ4v) is 2.85. The molecule has 0 fully saturated rings. The summed E-state index contributed by atoms with van der Waals surface area (Å²) in [7, 11) is 0. The van der Waals surface area contributed by atoms with Crippen molar-refractivity contribution in [1.82, 2.24) is 10.6 Å². The summed E-state index contributed by atoms with van der Waals surface area (Å²) in [5, 5.41) is 10.5. The molecule has 0 bridgehead atoms. The molecule has 0 aliphatic carbocycles. The van der Waals surface area contributed by atoms with E-state index in [4.69, 9.17) is 4.99 Å². The Hall–Kier alpha value is -2.75. The van der Waals surface area contributed by atoms with E-state index in [0.717, 1.165) is 47.9 Å². The smallest absolute Gasteiger partial charge is 0.147 e. The number of nitrogens with zero attached hydrogens (tertiary/aromatic N) is 1. The van der Waals surface area contributed by atoms with Crippen molar-refractivity contribution in [3.05, 3.63) is 77.6 Å². The SMILES string of the molecule is CC/C=C(\NCCC)NC1=NC(c2ccccc2)Nc2ccccc21. The Bertz CT molecular complexity index is 750. The maximum Gasteiger partial charge on any atom is 0.147 e. The number of amidine groups is 1. The highest BCUT2D eigenvalue weighted by Crippen LogP contribution is 2.29. The van der Waals surface area contributed by atoms with Gasteiger partial charge in [0.1, 0.15) is 17.8 Å². The summed E-state index contributed by atoms with van der Waals surface area (Å²) in [6.45, 7) is 5.24. The Morgan fingerprint density at radius 3 is 2.60 bits per heavy atom. The van der Waals surface area contributed by atoms with E-state index in [1.165, 1.54) is 0 Å². The highest BCUT2D eigenvalue weighted by Gasteiger charge is 2.21. The first-order valence-corrected chi connectivity index (χ1v) is 9.01. The average Bonchev–Trinajstić information content (AvgIpc) is 2.67. The summed E-state index contributed by atoms with van der Waals surface area (Å²) in [5.41, 5.74) is 3.34. The molecule has 1 aliphatic heterocycles. The molecule has 0 spiro atoms. The lowest BCUT2D eigenvalue weighted by molar-refractivity contribution is 0.726. The van der Waals surface area contributed by atoms with E-state index >= 15 is 0 Å². The van der Waals surface area contributed by atoms with Crippen LogP contribution >= 0.6 is 0 Å². The summed E-state index contributed by atoms with van der Waals surface area (Å²) in [5.74, 6) is 1.91. The Morgan fingerprint density at radius 1 is 1.08 bits per heavy atom. The number of hydrogen-bond donors (Lipinski definition) is 3. The third kappa shape index (κ3) is 4.21. The number of fused-ring (bicyclic) bond motifs is 1. The number of benzene rings is 2. The second-order valence-electron chi connectivity index (χ2n) is 6.06. The van der Waals surface area contributed by atoms with Crippen molar-refractivity contribution >= 4 is 11.5 Å². The van der Waals surface area contributed by atoms with Gasteiger partial charge in [-0.25, -0.2) is 4.99 Å². The molecule has 0 radical (unpaired) electrons. The number of anilines is 1. The van der Waals surface area contributed by atoms with Crippen LogP contribution in [-0.2, 0) is 0 Å². The van der Waals surface area contributed by atoms with Gasteiger partial charge in [-0.3, -0.25) is 0 Å². The van der Waals surface area contributed by atoms with Crippen LogP contribution in [0.4, 0.5) is 5.69 Å². The highest BCUT2D eigenvalue weighted by molar-refractivity contribution is 6.05. The molecule has 3 N–H and O–H groups in total. The summed E-state index contributed by atoms with van der Waals surface area (Å²) < 4.78 is 0. The number of allylic oxidation sites excluding steroid dienone is 1. The van der Waals surface area contributed by atoms with Crippen LogP contribution in [0.3, 0.4) is 0 Å². The summed E-state index contributed by atoms with van der Waals surface area (Å²) >= 11 is 0. The Morgan fingerprint density at radius 2 is 1.84 bits per heavy atom. The third-order valence-corrected chi connectivity index (χ3v) is 4.07. The molecule has 2 aromatic rings. The zero-order valence-electron chi connectivity index (χ0n) is 14.9. The minimum absolute atomic E-state index is 0.0901. The summed E-state index contributed by atoms with van der Waals surface area (Å²) in [6, 6.07) is 18.6. The number of hydrogen-bond acceptors (Lipinski definition) is 4. The molecule has 1 unspecified atom stereocenters. The standard InChI is InChI=1S/C21H26N4/c1-3-10-19(22-15-4-2)24-21-17-13-8-9-14-18(17)23-20(25-21)16-11-6-5-7-12-16/h5-14,20,22-23H,3-4,15H2,1-2H3,(H,24,25)/b19-10+. The quantitative estimate of drug-likeness (QED) is 0.734. The van der Waals surface area contributed by atoms with Crippen LogP contribution in [0.15, 0.2) is 71.5 Å². The monoisotopic (exact) mass is 334 g/mol. The fraction of sp³-hybridized carbons (Fsp3) is 0.286. The molecule has 0 saturated heterocycles. The lowest BCUT2D eigenvalue weighted by Crippen LogP contribution is -2.35. The molecule has 25 heavy (non-hydrogen) atoms. The van der Waals surface area contributed by atoms with Crippen LogP contribution in [-0.4, -0.2) is 12.4 Å². The Labute approximate surface area is 150 Å². The molecule has 0 saturated carbocycles. The van der Waals surface area contributed by atoms with Gasteiger partial charge in [-0.05, 0) is 36.6 Å². The van der Waals surface area contributed by atoms with E-state index in [1.807, 2.05) is 24.3 Å². The molecule has 3 rings (SSSR count). The van der Waals surface area contributed by atoms with Crippen LogP contribution in [0.2, 0.25) is 0 Å². The van der Waals surface area contributed by atoms with E-state index in [1.54, 1.807) is 0 Å². The van der Waals surface area contributed by atoms with E-state index in [0.29, 0.717) is 0 Å². The van der Waals surface area contributed by atoms with E-state index in [-0.39, 0.29) is 6.17 Å². The first-order valence-electron chi connectivity index (χ1n) is 9.01. The molecule has 2 aromatic carbocycles. The first kappa shape index (κ1) is 17.1. The third-order valence-electron chi connectivity index (χ3n) is 4.07. The van der Waals surface area contributed by atoms with Gasteiger partial charge in [-0.1, -0.05) is 56.3 Å². The molecule has 1 atom stereocenters. The number of aliphatic imine (C=N–C) groups is 1. The van der Waals surface area contributed by atoms with Crippen molar-refractivity contribution in [2.75, 3.05) is 11.9 Å². The van der Waals surface area contributed by atoms with E-state index in [9.17, 15) is 0 Å². The van der Waals surface area contributed by atoms with Gasteiger partial charge in [0.05, 0.1) is 0 Å². The Balaban J connectivity index is 1.92. The van der Waals surface area contributed by atoms with Gasteiger partial charge in [0.2, 0.25) is 0 Å². The molecular weight excluding hydrogens is 308 g/mol. The van der Waals surface area contributed by atoms with Crippen molar-refractivity contribution in [3.63, 3.8) is 0 Å². The van der Waals surface area contributed by atoms with Gasteiger partial charge >= 0.3 is 0 Å². The van der Waals surface area contributed by atoms with Crippen molar-refractivity contribution in [2.24, 2.45) is 4.99 Å². The topological polar surface area (TPSA) is 48.5 Å². The molecule has 0 amide bonds. The zero-order valence-corrected chi connectivity index (χ0v) is 14.9. The van der Waals surface area contributed by atoms with Crippen molar-refractivity contribution in [2.45, 2.75) is 32.9 Å². The first-order chi connectivity index (χ1) is 12.3. The minimum atomic E-state index is -0.0901. The molecular formula is C21H26N4. The van der Waals surface area contributed by atoms with Crippen molar-refractivity contribution < 1.29 is 0 Å². The summed E-state index contributed by atoms with van der Waals surface area (Å²) in [6.07, 6.45) is 4.13. The largest absolute Gasteiger partial charge is 0.372 e. The van der Waals surface area contributed by atoms with Crippen LogP contribution in [0, 0.1) is 0 Å². The van der Waals surface area contributed by atoms with E-state index in [2.05, 4.69) is 66.2 Å². The lowest BCUT2D eigenvalue weighted by atomic mass is 10.1. The lowest BCUT2D eigenvalue weighted by Gasteiger charge is -2.27. The molecule has 0 aromatic heterocycles. The van der Waals surface area contributed by atoms with Gasteiger partial charge in [-0.15, -0.1) is 0 Å². The molecule has 130 valence electrons. The molecule has 4 heteroatoms. The predicted octanol–water partition coefficient (Wildman–Crippen LogP) is 4.40. The molecule has 4 nitrogen and oxygen atoms in total. The van der Waals surface area contributed by atoms with Crippen LogP contribution < -0.4 is 16.0 Å². The van der Waals surface area contributed by atoms with E-state index < -0.39 is 0 Å². The predicted molar refractivity (Wildman–Crippen MR) is 106 cm³/mol. The maximum absolute atomic E-state index is 4.94. The van der Waals surface area contributed by atoms with Gasteiger partial charge in [0.25, 0.3) is 0 Å². The summed E-state index contributed by atoms with van der Waals surface area (Å²) in [4.78, 5) is 4.94. The van der Waals surface area contributed by atoms with Gasteiger partial charge in [0.15, 0.2) is 0 Å². The normalized spacial score (nSPS) is 16.5. The molecule has 1 aliphatic rings. The second kappa shape index (κ2) is 8.38. The zero-order chi connectivity index (χ0) is 17.5.